The minimum atomic E-state index is -1.15. The summed E-state index contributed by atoms with van der Waals surface area (Å²) in [7, 11) is 0. The van der Waals surface area contributed by atoms with E-state index in [0.29, 0.717) is 6.61 Å². The maximum atomic E-state index is 10.6. The molecule has 0 aliphatic rings. The number of carboxylic acids is 1. The average molecular weight is 202 g/mol. The molecule has 0 fully saturated rings. The number of nitrogens with zero attached hydrogens (tertiary/aromatic N) is 1. The molecule has 1 aromatic rings. The molecule has 4 nitrogen and oxygen atoms in total. The molecule has 1 heterocycles. The number of rotatable bonds is 3. The molecule has 0 spiro atoms. The largest absolute Gasteiger partial charge is 0.491 e. The standard InChI is InChI=1S/C8H8ClNO3/c1-2-13-5-3-4-6(9)10-7(5)8(11)12/h3-4H,2H2,1H3,(H,11,12). The molecule has 5 heteroatoms. The number of ether oxygens (including phenoxy) is 1. The molecule has 0 aromatic carbocycles. The van der Waals surface area contributed by atoms with E-state index in [1.165, 1.54) is 12.1 Å². The fourth-order valence-corrected chi connectivity index (χ4v) is 0.995. The lowest BCUT2D eigenvalue weighted by molar-refractivity contribution is 0.0685. The lowest BCUT2D eigenvalue weighted by Crippen LogP contribution is -2.05. The summed E-state index contributed by atoms with van der Waals surface area (Å²) in [4.78, 5) is 14.3. The van der Waals surface area contributed by atoms with Gasteiger partial charge in [-0.25, -0.2) is 9.78 Å². The first-order valence-electron chi connectivity index (χ1n) is 3.67. The average Bonchev–Trinajstić information content (AvgIpc) is 2.08. The van der Waals surface area contributed by atoms with Crippen LogP contribution in [0, 0.1) is 0 Å². The zero-order valence-electron chi connectivity index (χ0n) is 6.95. The predicted octanol–water partition coefficient (Wildman–Crippen LogP) is 1.83. The number of aromatic nitrogens is 1. The van der Waals surface area contributed by atoms with Gasteiger partial charge in [-0.05, 0) is 19.1 Å². The number of pyridine rings is 1. The lowest BCUT2D eigenvalue weighted by Gasteiger charge is -2.05. The van der Waals surface area contributed by atoms with Crippen molar-refractivity contribution in [3.05, 3.63) is 23.0 Å². The highest BCUT2D eigenvalue weighted by Crippen LogP contribution is 2.18. The highest BCUT2D eigenvalue weighted by molar-refractivity contribution is 6.29. The van der Waals surface area contributed by atoms with Gasteiger partial charge in [-0.1, -0.05) is 11.6 Å². The van der Waals surface area contributed by atoms with Gasteiger partial charge in [-0.15, -0.1) is 0 Å². The Hall–Kier alpha value is -1.29. The molecule has 0 atom stereocenters. The fraction of sp³-hybridized carbons (Fsp3) is 0.250. The van der Waals surface area contributed by atoms with E-state index in [2.05, 4.69) is 4.98 Å². The van der Waals surface area contributed by atoms with E-state index in [9.17, 15) is 4.79 Å². The summed E-state index contributed by atoms with van der Waals surface area (Å²) in [6.07, 6.45) is 0. The molecule has 0 bridgehead atoms. The van der Waals surface area contributed by atoms with Crippen molar-refractivity contribution < 1.29 is 14.6 Å². The summed E-state index contributed by atoms with van der Waals surface area (Å²) in [5.41, 5.74) is -0.158. The van der Waals surface area contributed by atoms with Gasteiger partial charge in [0.05, 0.1) is 6.61 Å². The second-order valence-corrected chi connectivity index (χ2v) is 2.61. The zero-order valence-corrected chi connectivity index (χ0v) is 7.71. The minimum Gasteiger partial charge on any atom is -0.491 e. The molecule has 1 N–H and O–H groups in total. The van der Waals surface area contributed by atoms with E-state index >= 15 is 0 Å². The van der Waals surface area contributed by atoms with Gasteiger partial charge >= 0.3 is 5.97 Å². The van der Waals surface area contributed by atoms with Crippen molar-refractivity contribution in [2.75, 3.05) is 6.61 Å². The second-order valence-electron chi connectivity index (χ2n) is 2.22. The van der Waals surface area contributed by atoms with Crippen LogP contribution in [-0.2, 0) is 0 Å². The molecule has 0 radical (unpaired) electrons. The number of carbonyl (C=O) groups is 1. The summed E-state index contributed by atoms with van der Waals surface area (Å²) in [6.45, 7) is 2.16. The van der Waals surface area contributed by atoms with Crippen molar-refractivity contribution in [2.24, 2.45) is 0 Å². The van der Waals surface area contributed by atoms with E-state index < -0.39 is 5.97 Å². The van der Waals surface area contributed by atoms with Crippen LogP contribution in [0.2, 0.25) is 5.15 Å². The smallest absolute Gasteiger partial charge is 0.358 e. The molecule has 0 aliphatic heterocycles. The Bertz CT molecular complexity index is 327. The Kier molecular flexibility index (Phi) is 3.08. The van der Waals surface area contributed by atoms with Crippen LogP contribution in [0.4, 0.5) is 0 Å². The first-order valence-corrected chi connectivity index (χ1v) is 4.05. The van der Waals surface area contributed by atoms with Crippen LogP contribution >= 0.6 is 11.6 Å². The van der Waals surface area contributed by atoms with Crippen molar-refractivity contribution in [2.45, 2.75) is 6.92 Å². The third-order valence-corrected chi connectivity index (χ3v) is 1.54. The summed E-state index contributed by atoms with van der Waals surface area (Å²) in [5.74, 6) is -0.912. The molecule has 0 amide bonds. The lowest BCUT2D eigenvalue weighted by atomic mass is 10.3. The molecule has 0 saturated heterocycles. The number of halogens is 1. The molecule has 70 valence electrons. The monoisotopic (exact) mass is 201 g/mol. The number of aromatic carboxylic acids is 1. The topological polar surface area (TPSA) is 59.4 Å². The maximum Gasteiger partial charge on any atom is 0.358 e. The number of hydrogen-bond acceptors (Lipinski definition) is 3. The van der Waals surface area contributed by atoms with E-state index in [1.807, 2.05) is 0 Å². The molecular formula is C8H8ClNO3. The summed E-state index contributed by atoms with van der Waals surface area (Å²) >= 11 is 5.53. The van der Waals surface area contributed by atoms with Gasteiger partial charge in [0, 0.05) is 0 Å². The fourth-order valence-electron chi connectivity index (χ4n) is 0.848. The molecule has 13 heavy (non-hydrogen) atoms. The summed E-state index contributed by atoms with van der Waals surface area (Å²) in [5, 5.41) is 8.86. The highest BCUT2D eigenvalue weighted by Gasteiger charge is 2.13. The van der Waals surface area contributed by atoms with Gasteiger partial charge in [-0.3, -0.25) is 0 Å². The normalized spacial score (nSPS) is 9.69. The summed E-state index contributed by atoms with van der Waals surface area (Å²) in [6, 6.07) is 2.97. The second kappa shape index (κ2) is 4.09. The van der Waals surface area contributed by atoms with Gasteiger partial charge in [0.25, 0.3) is 0 Å². The Morgan fingerprint density at radius 1 is 1.69 bits per heavy atom. The van der Waals surface area contributed by atoms with E-state index in [-0.39, 0.29) is 16.6 Å². The van der Waals surface area contributed by atoms with Gasteiger partial charge in [-0.2, -0.15) is 0 Å². The SMILES string of the molecule is CCOc1ccc(Cl)nc1C(=O)O. The molecule has 1 aromatic heterocycles. The van der Waals surface area contributed by atoms with E-state index in [1.54, 1.807) is 6.92 Å². The van der Waals surface area contributed by atoms with Crippen LogP contribution in [-0.4, -0.2) is 22.7 Å². The highest BCUT2D eigenvalue weighted by atomic mass is 35.5. The Morgan fingerprint density at radius 2 is 2.38 bits per heavy atom. The summed E-state index contributed by atoms with van der Waals surface area (Å²) < 4.78 is 5.05. The molecule has 0 unspecified atom stereocenters. The van der Waals surface area contributed by atoms with Crippen molar-refractivity contribution in [3.63, 3.8) is 0 Å². The van der Waals surface area contributed by atoms with Crippen LogP contribution in [0.15, 0.2) is 12.1 Å². The quantitative estimate of drug-likeness (QED) is 0.758. The van der Waals surface area contributed by atoms with Crippen molar-refractivity contribution >= 4 is 17.6 Å². The zero-order chi connectivity index (χ0) is 9.84. The molecule has 0 aliphatic carbocycles. The van der Waals surface area contributed by atoms with Crippen LogP contribution in [0.5, 0.6) is 5.75 Å². The van der Waals surface area contributed by atoms with Gasteiger partial charge in [0.1, 0.15) is 5.15 Å². The third kappa shape index (κ3) is 2.32. The number of hydrogen-bond donors (Lipinski definition) is 1. The minimum absolute atomic E-state index is 0.140. The number of carboxylic acid groups (broad SMARTS) is 1. The predicted molar refractivity (Wildman–Crippen MR) is 47.4 cm³/mol. The van der Waals surface area contributed by atoms with Crippen molar-refractivity contribution in [3.8, 4) is 5.75 Å². The van der Waals surface area contributed by atoms with Crippen LogP contribution in [0.3, 0.4) is 0 Å². The maximum absolute atomic E-state index is 10.6. The van der Waals surface area contributed by atoms with Gasteiger partial charge < -0.3 is 9.84 Å². The molecule has 0 saturated carbocycles. The van der Waals surface area contributed by atoms with E-state index in [4.69, 9.17) is 21.4 Å². The molecular weight excluding hydrogens is 194 g/mol. The Balaban J connectivity index is 3.10. The van der Waals surface area contributed by atoms with Crippen LogP contribution in [0.25, 0.3) is 0 Å². The van der Waals surface area contributed by atoms with Crippen LogP contribution < -0.4 is 4.74 Å². The Morgan fingerprint density at radius 3 is 2.92 bits per heavy atom. The van der Waals surface area contributed by atoms with Gasteiger partial charge in [0.2, 0.25) is 0 Å². The molecule has 1 rings (SSSR count). The Labute approximate surface area is 80.1 Å². The van der Waals surface area contributed by atoms with E-state index in [0.717, 1.165) is 0 Å². The third-order valence-electron chi connectivity index (χ3n) is 1.33. The first-order chi connectivity index (χ1) is 6.15. The van der Waals surface area contributed by atoms with Crippen LogP contribution in [0.1, 0.15) is 17.4 Å². The first kappa shape index (κ1) is 9.80. The van der Waals surface area contributed by atoms with Crippen molar-refractivity contribution in [1.82, 2.24) is 4.98 Å². The van der Waals surface area contributed by atoms with Crippen molar-refractivity contribution in [1.29, 1.82) is 0 Å². The van der Waals surface area contributed by atoms with Gasteiger partial charge in [0.15, 0.2) is 11.4 Å².